The Kier molecular flexibility index (Phi) is 5.70. The number of hydrogen-bond donors (Lipinski definition) is 3. The van der Waals surface area contributed by atoms with Gasteiger partial charge in [-0.3, -0.25) is 9.59 Å². The van der Waals surface area contributed by atoms with Gasteiger partial charge >= 0.3 is 0 Å². The van der Waals surface area contributed by atoms with Crippen LogP contribution in [-0.4, -0.2) is 28.9 Å². The number of hydrogen-bond acceptors (Lipinski definition) is 2. The van der Waals surface area contributed by atoms with Gasteiger partial charge in [-0.25, -0.2) is 0 Å². The van der Waals surface area contributed by atoms with Crippen molar-refractivity contribution >= 4 is 22.7 Å². The van der Waals surface area contributed by atoms with Crippen molar-refractivity contribution in [2.45, 2.75) is 45.2 Å². The zero-order chi connectivity index (χ0) is 21.1. The van der Waals surface area contributed by atoms with E-state index in [1.165, 1.54) is 11.1 Å². The molecule has 3 N–H and O–H groups in total. The molecule has 2 atom stereocenters. The molecule has 0 saturated carbocycles. The summed E-state index contributed by atoms with van der Waals surface area (Å²) in [5, 5.41) is 6.92. The third-order valence-corrected chi connectivity index (χ3v) is 5.59. The number of carbonyl (C=O) groups is 2. The van der Waals surface area contributed by atoms with E-state index in [1.807, 2.05) is 42.6 Å². The highest BCUT2D eigenvalue weighted by Crippen LogP contribution is 2.24. The van der Waals surface area contributed by atoms with E-state index in [2.05, 4.69) is 47.7 Å². The summed E-state index contributed by atoms with van der Waals surface area (Å²) >= 11 is 0. The summed E-state index contributed by atoms with van der Waals surface area (Å²) in [6, 6.07) is 14.9. The summed E-state index contributed by atoms with van der Waals surface area (Å²) < 4.78 is 0. The number of carbonyl (C=O) groups excluding carboxylic acids is 2. The molecular weight excluding hydrogens is 374 g/mol. The van der Waals surface area contributed by atoms with E-state index >= 15 is 0 Å². The normalized spacial score (nSPS) is 18.7. The monoisotopic (exact) mass is 401 g/mol. The van der Waals surface area contributed by atoms with Crippen LogP contribution in [0.15, 0.2) is 66.4 Å². The first kappa shape index (κ1) is 20.0. The van der Waals surface area contributed by atoms with Crippen LogP contribution in [0.5, 0.6) is 0 Å². The Hall–Kier alpha value is -3.34. The molecule has 1 aliphatic rings. The van der Waals surface area contributed by atoms with E-state index in [1.54, 1.807) is 0 Å². The van der Waals surface area contributed by atoms with E-state index in [9.17, 15) is 9.59 Å². The Labute approximate surface area is 176 Å². The van der Waals surface area contributed by atoms with Gasteiger partial charge in [0.25, 0.3) is 0 Å². The number of nitrogens with one attached hydrogen (secondary N) is 3. The second-order valence-corrected chi connectivity index (χ2v) is 8.16. The lowest BCUT2D eigenvalue weighted by molar-refractivity contribution is -0.136. The standard InChI is InChI=1S/C25H27N3O2/c1-16(2)11-12-18-9-6-10-20-19(15-26-23(18)20)14-22-25(30)27-21(24(29)28-22)13-17-7-4-3-5-8-17/h3-11,15,21-22,26H,12-14H2,1-2H3,(H,27,30)(H,28,29)/t21-,22-/m0/s1. The molecule has 2 aromatic carbocycles. The first-order valence-electron chi connectivity index (χ1n) is 10.4. The molecule has 1 aliphatic heterocycles. The molecule has 0 radical (unpaired) electrons. The summed E-state index contributed by atoms with van der Waals surface area (Å²) in [5.74, 6) is -0.266. The SMILES string of the molecule is CC(C)=CCc1cccc2c(C[C@@H]3NC(=O)[C@H](Cc4ccccc4)NC3=O)c[nH]c12. The number of rotatable bonds is 6. The second-order valence-electron chi connectivity index (χ2n) is 8.16. The van der Waals surface area contributed by atoms with Crippen LogP contribution >= 0.6 is 0 Å². The van der Waals surface area contributed by atoms with Crippen LogP contribution in [0, 0.1) is 0 Å². The lowest BCUT2D eigenvalue weighted by Crippen LogP contribution is -2.62. The van der Waals surface area contributed by atoms with Crippen LogP contribution in [0.4, 0.5) is 0 Å². The van der Waals surface area contributed by atoms with Gasteiger partial charge in [-0.15, -0.1) is 0 Å². The Bertz CT molecular complexity index is 1090. The molecule has 30 heavy (non-hydrogen) atoms. The summed E-state index contributed by atoms with van der Waals surface area (Å²) in [5.41, 5.74) is 5.66. The second kappa shape index (κ2) is 8.57. The predicted molar refractivity (Wildman–Crippen MR) is 119 cm³/mol. The molecule has 154 valence electrons. The molecule has 0 bridgehead atoms. The van der Waals surface area contributed by atoms with Gasteiger partial charge in [-0.1, -0.05) is 60.2 Å². The summed E-state index contributed by atoms with van der Waals surface area (Å²) in [6.07, 6.45) is 5.97. The maximum Gasteiger partial charge on any atom is 0.243 e. The highest BCUT2D eigenvalue weighted by Gasteiger charge is 2.34. The number of amides is 2. The maximum atomic E-state index is 12.7. The molecule has 0 aliphatic carbocycles. The van der Waals surface area contributed by atoms with Gasteiger partial charge in [-0.2, -0.15) is 0 Å². The number of fused-ring (bicyclic) bond motifs is 1. The van der Waals surface area contributed by atoms with E-state index in [0.717, 1.165) is 28.5 Å². The number of H-pyrrole nitrogens is 1. The topological polar surface area (TPSA) is 74.0 Å². The Morgan fingerprint density at radius 1 is 0.867 bits per heavy atom. The fraction of sp³-hybridized carbons (Fsp3) is 0.280. The Morgan fingerprint density at radius 2 is 1.57 bits per heavy atom. The van der Waals surface area contributed by atoms with Crippen LogP contribution < -0.4 is 10.6 Å². The van der Waals surface area contributed by atoms with Crippen molar-refractivity contribution in [3.63, 3.8) is 0 Å². The van der Waals surface area contributed by atoms with Crippen molar-refractivity contribution in [3.05, 3.63) is 83.1 Å². The van der Waals surface area contributed by atoms with E-state index in [-0.39, 0.29) is 11.8 Å². The molecule has 2 heterocycles. The summed E-state index contributed by atoms with van der Waals surface area (Å²) in [6.45, 7) is 4.19. The molecule has 3 aromatic rings. The highest BCUT2D eigenvalue weighted by atomic mass is 16.2. The number of aromatic amines is 1. The number of piperazine rings is 1. The zero-order valence-electron chi connectivity index (χ0n) is 17.4. The zero-order valence-corrected chi connectivity index (χ0v) is 17.4. The van der Waals surface area contributed by atoms with E-state index < -0.39 is 12.1 Å². The smallest absolute Gasteiger partial charge is 0.243 e. The van der Waals surface area contributed by atoms with Gasteiger partial charge < -0.3 is 15.6 Å². The highest BCUT2D eigenvalue weighted by molar-refractivity contribution is 5.97. The lowest BCUT2D eigenvalue weighted by atomic mass is 9.97. The van der Waals surface area contributed by atoms with E-state index in [4.69, 9.17) is 0 Å². The average Bonchev–Trinajstić information content (AvgIpc) is 3.14. The molecule has 1 aromatic heterocycles. The predicted octanol–water partition coefficient (Wildman–Crippen LogP) is 3.45. The van der Waals surface area contributed by atoms with Crippen LogP contribution in [0.2, 0.25) is 0 Å². The summed E-state index contributed by atoms with van der Waals surface area (Å²) in [4.78, 5) is 28.7. The number of aromatic nitrogens is 1. The maximum absolute atomic E-state index is 12.7. The van der Waals surface area contributed by atoms with Crippen LogP contribution in [0.3, 0.4) is 0 Å². The van der Waals surface area contributed by atoms with Crippen molar-refractivity contribution in [2.75, 3.05) is 0 Å². The molecule has 5 heteroatoms. The molecule has 5 nitrogen and oxygen atoms in total. The van der Waals surface area contributed by atoms with Crippen LogP contribution in [-0.2, 0) is 28.9 Å². The first-order valence-corrected chi connectivity index (χ1v) is 10.4. The minimum Gasteiger partial charge on any atom is -0.361 e. The molecular formula is C25H27N3O2. The van der Waals surface area contributed by atoms with Gasteiger partial charge in [-0.05, 0) is 37.0 Å². The van der Waals surface area contributed by atoms with Crippen molar-refractivity contribution in [1.29, 1.82) is 0 Å². The first-order chi connectivity index (χ1) is 14.5. The number of benzene rings is 2. The van der Waals surface area contributed by atoms with Crippen molar-refractivity contribution in [2.24, 2.45) is 0 Å². The summed E-state index contributed by atoms with van der Waals surface area (Å²) in [7, 11) is 0. The Balaban J connectivity index is 1.48. The largest absolute Gasteiger partial charge is 0.361 e. The molecule has 1 fully saturated rings. The third-order valence-electron chi connectivity index (χ3n) is 5.59. The van der Waals surface area contributed by atoms with Crippen molar-refractivity contribution in [3.8, 4) is 0 Å². The molecule has 0 unspecified atom stereocenters. The van der Waals surface area contributed by atoms with E-state index in [0.29, 0.717) is 12.8 Å². The minimum atomic E-state index is -0.565. The van der Waals surface area contributed by atoms with Gasteiger partial charge in [0.05, 0.1) is 0 Å². The van der Waals surface area contributed by atoms with Crippen LogP contribution in [0.25, 0.3) is 10.9 Å². The van der Waals surface area contributed by atoms with Gasteiger partial charge in [0, 0.05) is 29.9 Å². The minimum absolute atomic E-state index is 0.132. The third kappa shape index (κ3) is 4.30. The number of para-hydroxylation sites is 1. The van der Waals surface area contributed by atoms with Crippen LogP contribution in [0.1, 0.15) is 30.5 Å². The number of allylic oxidation sites excluding steroid dienone is 2. The van der Waals surface area contributed by atoms with Crippen molar-refractivity contribution in [1.82, 2.24) is 15.6 Å². The fourth-order valence-electron chi connectivity index (χ4n) is 3.96. The molecule has 4 rings (SSSR count). The molecule has 2 amide bonds. The quantitative estimate of drug-likeness (QED) is 0.554. The average molecular weight is 402 g/mol. The lowest BCUT2D eigenvalue weighted by Gasteiger charge is -2.29. The Morgan fingerprint density at radius 3 is 2.27 bits per heavy atom. The van der Waals surface area contributed by atoms with Crippen molar-refractivity contribution < 1.29 is 9.59 Å². The molecule has 1 saturated heterocycles. The molecule has 0 spiro atoms. The fourth-order valence-corrected chi connectivity index (χ4v) is 3.96. The van der Waals surface area contributed by atoms with Gasteiger partial charge in [0.15, 0.2) is 0 Å². The van der Waals surface area contributed by atoms with Gasteiger partial charge in [0.1, 0.15) is 12.1 Å². The van der Waals surface area contributed by atoms with Gasteiger partial charge in [0.2, 0.25) is 11.8 Å².